The number of aromatic nitrogens is 1. The van der Waals surface area contributed by atoms with Crippen LogP contribution in [0.15, 0.2) is 24.4 Å². The topological polar surface area (TPSA) is 22.0 Å². The molecule has 2 aromatic rings. The first-order chi connectivity index (χ1) is 9.09. The zero-order chi connectivity index (χ0) is 13.6. The highest BCUT2D eigenvalue weighted by Crippen LogP contribution is 2.27. The number of halogens is 3. The van der Waals surface area contributed by atoms with Crippen molar-refractivity contribution < 1.29 is 18.0 Å². The normalized spacial score (nSPS) is 14.6. The van der Waals surface area contributed by atoms with Gasteiger partial charge in [-0.1, -0.05) is 0 Å². The van der Waals surface area contributed by atoms with Gasteiger partial charge in [-0.05, 0) is 31.0 Å². The average molecular weight is 265 g/mol. The number of carbonyl (C=O) groups is 1. The zero-order valence-electron chi connectivity index (χ0n) is 9.92. The molecule has 0 aliphatic heterocycles. The Hall–Kier alpha value is -2.04. The monoisotopic (exact) mass is 265 g/mol. The number of hydrogen-bond acceptors (Lipinski definition) is 1. The van der Waals surface area contributed by atoms with Crippen LogP contribution in [-0.4, -0.2) is 10.4 Å². The highest BCUT2D eigenvalue weighted by atomic mass is 19.2. The molecule has 1 heterocycles. The van der Waals surface area contributed by atoms with Gasteiger partial charge in [0.25, 0.3) is 0 Å². The summed E-state index contributed by atoms with van der Waals surface area (Å²) < 4.78 is 41.4. The first kappa shape index (κ1) is 12.0. The van der Waals surface area contributed by atoms with Crippen LogP contribution in [0, 0.1) is 17.5 Å². The number of hydrogen-bond donors (Lipinski definition) is 0. The summed E-state index contributed by atoms with van der Waals surface area (Å²) in [6, 6.07) is 3.65. The summed E-state index contributed by atoms with van der Waals surface area (Å²) in [4.78, 5) is 11.7. The van der Waals surface area contributed by atoms with Crippen molar-refractivity contribution in [3.8, 4) is 5.69 Å². The Morgan fingerprint density at radius 1 is 1.00 bits per heavy atom. The molecule has 0 radical (unpaired) electrons. The summed E-state index contributed by atoms with van der Waals surface area (Å²) in [6.45, 7) is 0. The van der Waals surface area contributed by atoms with Gasteiger partial charge in [-0.3, -0.25) is 4.79 Å². The second-order valence-corrected chi connectivity index (χ2v) is 4.52. The molecule has 1 aromatic carbocycles. The van der Waals surface area contributed by atoms with E-state index in [1.807, 2.05) is 0 Å². The van der Waals surface area contributed by atoms with Gasteiger partial charge < -0.3 is 4.57 Å². The second-order valence-electron chi connectivity index (χ2n) is 4.52. The molecule has 1 aliphatic carbocycles. The van der Waals surface area contributed by atoms with E-state index in [-0.39, 0.29) is 11.5 Å². The lowest BCUT2D eigenvalue weighted by Crippen LogP contribution is -2.13. The number of fused-ring (bicyclic) bond motifs is 1. The van der Waals surface area contributed by atoms with Crippen molar-refractivity contribution in [1.29, 1.82) is 0 Å². The minimum absolute atomic E-state index is 0.00277. The quantitative estimate of drug-likeness (QED) is 0.724. The van der Waals surface area contributed by atoms with E-state index in [1.165, 1.54) is 16.8 Å². The maximum absolute atomic E-state index is 13.8. The van der Waals surface area contributed by atoms with Crippen LogP contribution < -0.4 is 0 Å². The molecule has 98 valence electrons. The Kier molecular flexibility index (Phi) is 2.69. The molecule has 3 rings (SSSR count). The third kappa shape index (κ3) is 1.77. The summed E-state index contributed by atoms with van der Waals surface area (Å²) in [5.41, 5.74) is 1.12. The van der Waals surface area contributed by atoms with Gasteiger partial charge in [0.05, 0.1) is 5.69 Å². The summed E-state index contributed by atoms with van der Waals surface area (Å²) >= 11 is 0. The van der Waals surface area contributed by atoms with Gasteiger partial charge in [0.1, 0.15) is 0 Å². The van der Waals surface area contributed by atoms with Gasteiger partial charge in [0.2, 0.25) is 0 Å². The van der Waals surface area contributed by atoms with Crippen LogP contribution in [-0.2, 0) is 6.42 Å². The Morgan fingerprint density at radius 2 is 1.79 bits per heavy atom. The fourth-order valence-electron chi connectivity index (χ4n) is 2.45. The average Bonchev–Trinajstić information content (AvgIpc) is 2.82. The Balaban J connectivity index is 2.19. The van der Waals surface area contributed by atoms with Gasteiger partial charge in [-0.25, -0.2) is 13.2 Å². The molecular formula is C14H10F3NO. The number of ketones is 1. The van der Waals surface area contributed by atoms with Crippen molar-refractivity contribution >= 4 is 5.78 Å². The van der Waals surface area contributed by atoms with E-state index in [9.17, 15) is 18.0 Å². The number of Topliss-reactive ketones (excluding diaryl/α,β-unsaturated/α-hetero) is 1. The van der Waals surface area contributed by atoms with Crippen LogP contribution in [0.25, 0.3) is 5.69 Å². The molecular weight excluding hydrogens is 255 g/mol. The summed E-state index contributed by atoms with van der Waals surface area (Å²) in [6.07, 6.45) is 3.29. The molecule has 0 saturated heterocycles. The van der Waals surface area contributed by atoms with E-state index in [1.54, 1.807) is 6.07 Å². The lowest BCUT2D eigenvalue weighted by Gasteiger charge is -2.15. The number of carbonyl (C=O) groups excluding carboxylic acids is 1. The standard InChI is InChI=1S/C14H10F3NO/c15-9-4-5-11(14(17)13(9)16)18-7-6-8-10(18)2-1-3-12(8)19/h4-7H,1-3H2. The largest absolute Gasteiger partial charge is 0.317 e. The molecule has 0 fully saturated rings. The minimum Gasteiger partial charge on any atom is -0.317 e. The van der Waals surface area contributed by atoms with E-state index in [0.29, 0.717) is 30.5 Å². The zero-order valence-corrected chi connectivity index (χ0v) is 9.92. The van der Waals surface area contributed by atoms with Crippen molar-refractivity contribution in [3.63, 3.8) is 0 Å². The summed E-state index contributed by atoms with van der Waals surface area (Å²) in [5, 5.41) is 0. The smallest absolute Gasteiger partial charge is 0.196 e. The van der Waals surface area contributed by atoms with E-state index in [4.69, 9.17) is 0 Å². The highest BCUT2D eigenvalue weighted by Gasteiger charge is 2.23. The van der Waals surface area contributed by atoms with Crippen molar-refractivity contribution in [2.75, 3.05) is 0 Å². The SMILES string of the molecule is O=C1CCCc2c1ccn2-c1ccc(F)c(F)c1F. The van der Waals surface area contributed by atoms with E-state index in [2.05, 4.69) is 0 Å². The third-order valence-corrected chi connectivity index (χ3v) is 3.38. The Labute approximate surface area is 107 Å². The molecule has 1 aromatic heterocycles. The summed E-state index contributed by atoms with van der Waals surface area (Å²) in [5.74, 6) is -3.96. The lowest BCUT2D eigenvalue weighted by atomic mass is 9.97. The Bertz CT molecular complexity index is 676. The van der Waals surface area contributed by atoms with E-state index >= 15 is 0 Å². The van der Waals surface area contributed by atoms with Crippen molar-refractivity contribution in [3.05, 3.63) is 53.1 Å². The molecule has 0 bridgehead atoms. The first-order valence-corrected chi connectivity index (χ1v) is 5.97. The molecule has 0 spiro atoms. The molecule has 2 nitrogen and oxygen atoms in total. The molecule has 0 atom stereocenters. The fraction of sp³-hybridized carbons (Fsp3) is 0.214. The van der Waals surface area contributed by atoms with Gasteiger partial charge in [-0.15, -0.1) is 0 Å². The fourth-order valence-corrected chi connectivity index (χ4v) is 2.45. The molecule has 5 heteroatoms. The van der Waals surface area contributed by atoms with E-state index in [0.717, 1.165) is 6.07 Å². The predicted molar refractivity (Wildman–Crippen MR) is 62.9 cm³/mol. The van der Waals surface area contributed by atoms with Gasteiger partial charge in [-0.2, -0.15) is 0 Å². The summed E-state index contributed by atoms with van der Waals surface area (Å²) in [7, 11) is 0. The van der Waals surface area contributed by atoms with E-state index < -0.39 is 17.5 Å². The highest BCUT2D eigenvalue weighted by molar-refractivity contribution is 5.98. The number of rotatable bonds is 1. The van der Waals surface area contributed by atoms with Gasteiger partial charge in [0.15, 0.2) is 23.2 Å². The molecule has 0 saturated carbocycles. The maximum Gasteiger partial charge on any atom is 0.196 e. The lowest BCUT2D eigenvalue weighted by molar-refractivity contribution is 0.0972. The van der Waals surface area contributed by atoms with Gasteiger partial charge in [0, 0.05) is 23.9 Å². The first-order valence-electron chi connectivity index (χ1n) is 5.97. The molecule has 0 N–H and O–H groups in total. The van der Waals surface area contributed by atoms with Crippen LogP contribution in [0.1, 0.15) is 28.9 Å². The van der Waals surface area contributed by atoms with Crippen LogP contribution >= 0.6 is 0 Å². The molecule has 1 aliphatic rings. The predicted octanol–water partition coefficient (Wildman–Crippen LogP) is 3.41. The molecule has 19 heavy (non-hydrogen) atoms. The maximum atomic E-state index is 13.8. The molecule has 0 unspecified atom stereocenters. The van der Waals surface area contributed by atoms with Crippen molar-refractivity contribution in [2.45, 2.75) is 19.3 Å². The van der Waals surface area contributed by atoms with Crippen LogP contribution in [0.2, 0.25) is 0 Å². The minimum atomic E-state index is -1.50. The Morgan fingerprint density at radius 3 is 2.58 bits per heavy atom. The number of benzene rings is 1. The van der Waals surface area contributed by atoms with Crippen LogP contribution in [0.3, 0.4) is 0 Å². The van der Waals surface area contributed by atoms with Crippen molar-refractivity contribution in [1.82, 2.24) is 4.57 Å². The van der Waals surface area contributed by atoms with Crippen molar-refractivity contribution in [2.24, 2.45) is 0 Å². The number of nitrogens with zero attached hydrogens (tertiary/aromatic N) is 1. The van der Waals surface area contributed by atoms with Crippen LogP contribution in [0.5, 0.6) is 0 Å². The second kappa shape index (κ2) is 4.26. The molecule has 0 amide bonds. The third-order valence-electron chi connectivity index (χ3n) is 3.38. The van der Waals surface area contributed by atoms with Crippen LogP contribution in [0.4, 0.5) is 13.2 Å². The van der Waals surface area contributed by atoms with Gasteiger partial charge >= 0.3 is 0 Å².